The highest BCUT2D eigenvalue weighted by Crippen LogP contribution is 2.45. The van der Waals surface area contributed by atoms with Gasteiger partial charge in [0.05, 0.1) is 28.6 Å². The Bertz CT molecular complexity index is 947. The second-order valence-electron chi connectivity index (χ2n) is 5.92. The van der Waals surface area contributed by atoms with Crippen LogP contribution < -0.4 is 5.32 Å². The third-order valence-electron chi connectivity index (χ3n) is 4.25. The zero-order valence-corrected chi connectivity index (χ0v) is 15.3. The van der Waals surface area contributed by atoms with E-state index in [0.717, 1.165) is 33.9 Å². The van der Waals surface area contributed by atoms with Crippen molar-refractivity contribution in [2.75, 3.05) is 11.1 Å². The van der Waals surface area contributed by atoms with Gasteiger partial charge < -0.3 is 5.32 Å². The molecule has 0 aliphatic carbocycles. The molecule has 4 rings (SSSR count). The molecule has 1 aliphatic heterocycles. The zero-order valence-electron chi connectivity index (χ0n) is 13.7. The second-order valence-corrected chi connectivity index (χ2v) is 7.45. The van der Waals surface area contributed by atoms with E-state index in [0.29, 0.717) is 10.8 Å². The molecule has 8 heteroatoms. The molecule has 2 N–H and O–H groups in total. The van der Waals surface area contributed by atoms with Gasteiger partial charge in [0.15, 0.2) is 0 Å². The van der Waals surface area contributed by atoms with Crippen LogP contribution in [-0.4, -0.2) is 31.6 Å². The van der Waals surface area contributed by atoms with Crippen LogP contribution in [-0.2, 0) is 11.8 Å². The van der Waals surface area contributed by atoms with Crippen molar-refractivity contribution in [3.8, 4) is 11.3 Å². The Morgan fingerprint density at radius 3 is 2.84 bits per heavy atom. The molecular formula is C17H16ClN5OS. The Kier molecular flexibility index (Phi) is 4.05. The number of amides is 1. The van der Waals surface area contributed by atoms with Crippen molar-refractivity contribution in [1.29, 1.82) is 0 Å². The SMILES string of the molecule is Cc1nn(C)c2c1[C@H](c1cn[nH]c1-c1ccc(Cl)cc1)SCC(=O)N2. The largest absolute Gasteiger partial charge is 0.310 e. The van der Waals surface area contributed by atoms with Crippen molar-refractivity contribution in [1.82, 2.24) is 20.0 Å². The fourth-order valence-electron chi connectivity index (χ4n) is 3.13. The number of H-pyrrole nitrogens is 1. The highest BCUT2D eigenvalue weighted by Gasteiger charge is 2.31. The molecule has 0 saturated carbocycles. The van der Waals surface area contributed by atoms with Crippen molar-refractivity contribution in [2.24, 2.45) is 7.05 Å². The summed E-state index contributed by atoms with van der Waals surface area (Å²) in [4.78, 5) is 12.1. The fraction of sp³-hybridized carbons (Fsp3) is 0.235. The summed E-state index contributed by atoms with van der Waals surface area (Å²) < 4.78 is 1.73. The molecule has 1 aliphatic rings. The van der Waals surface area contributed by atoms with Crippen LogP contribution in [0.2, 0.25) is 5.02 Å². The summed E-state index contributed by atoms with van der Waals surface area (Å²) in [6.45, 7) is 1.96. The number of benzene rings is 1. The van der Waals surface area contributed by atoms with Crippen LogP contribution in [0.3, 0.4) is 0 Å². The van der Waals surface area contributed by atoms with Gasteiger partial charge in [0.1, 0.15) is 5.82 Å². The molecule has 1 amide bonds. The molecule has 0 unspecified atom stereocenters. The van der Waals surface area contributed by atoms with Gasteiger partial charge in [-0.1, -0.05) is 23.7 Å². The lowest BCUT2D eigenvalue weighted by molar-refractivity contribution is -0.113. The first-order chi connectivity index (χ1) is 12.0. The van der Waals surface area contributed by atoms with E-state index in [2.05, 4.69) is 20.6 Å². The Hall–Kier alpha value is -2.25. The maximum absolute atomic E-state index is 12.1. The number of carbonyl (C=O) groups is 1. The predicted molar refractivity (Wildman–Crippen MR) is 99.9 cm³/mol. The van der Waals surface area contributed by atoms with E-state index in [1.807, 2.05) is 44.4 Å². The number of hydrogen-bond acceptors (Lipinski definition) is 4. The summed E-state index contributed by atoms with van der Waals surface area (Å²) in [6, 6.07) is 7.63. The molecule has 0 spiro atoms. The van der Waals surface area contributed by atoms with Gasteiger partial charge in [0, 0.05) is 23.2 Å². The Morgan fingerprint density at radius 1 is 1.32 bits per heavy atom. The fourth-order valence-corrected chi connectivity index (χ4v) is 4.46. The number of carbonyl (C=O) groups excluding carboxylic acids is 1. The molecule has 3 heterocycles. The van der Waals surface area contributed by atoms with Crippen LogP contribution in [0.1, 0.15) is 22.1 Å². The Labute approximate surface area is 154 Å². The van der Waals surface area contributed by atoms with E-state index in [4.69, 9.17) is 11.6 Å². The third kappa shape index (κ3) is 2.83. The molecule has 0 bridgehead atoms. The van der Waals surface area contributed by atoms with Crippen molar-refractivity contribution in [3.63, 3.8) is 0 Å². The lowest BCUT2D eigenvalue weighted by atomic mass is 10.0. The van der Waals surface area contributed by atoms with E-state index in [1.165, 1.54) is 0 Å². The minimum Gasteiger partial charge on any atom is -0.310 e. The molecule has 0 radical (unpaired) electrons. The summed E-state index contributed by atoms with van der Waals surface area (Å²) in [5, 5.41) is 15.4. The molecule has 1 atom stereocenters. The van der Waals surface area contributed by atoms with E-state index >= 15 is 0 Å². The van der Waals surface area contributed by atoms with E-state index < -0.39 is 0 Å². The van der Waals surface area contributed by atoms with Gasteiger partial charge in [-0.25, -0.2) is 0 Å². The summed E-state index contributed by atoms with van der Waals surface area (Å²) >= 11 is 7.58. The van der Waals surface area contributed by atoms with Gasteiger partial charge in [0.2, 0.25) is 5.91 Å². The lowest BCUT2D eigenvalue weighted by Crippen LogP contribution is -2.15. The van der Waals surface area contributed by atoms with Crippen LogP contribution >= 0.6 is 23.4 Å². The van der Waals surface area contributed by atoms with E-state index in [1.54, 1.807) is 16.4 Å². The quantitative estimate of drug-likeness (QED) is 0.720. The molecule has 0 saturated heterocycles. The number of aromatic nitrogens is 4. The average molecular weight is 374 g/mol. The van der Waals surface area contributed by atoms with Crippen LogP contribution in [0.15, 0.2) is 30.5 Å². The molecular weight excluding hydrogens is 358 g/mol. The molecule has 0 fully saturated rings. The predicted octanol–water partition coefficient (Wildman–Crippen LogP) is 3.55. The number of aryl methyl sites for hydroxylation is 2. The van der Waals surface area contributed by atoms with Crippen LogP contribution in [0.4, 0.5) is 5.82 Å². The molecule has 2 aromatic heterocycles. The topological polar surface area (TPSA) is 75.6 Å². The highest BCUT2D eigenvalue weighted by molar-refractivity contribution is 8.00. The van der Waals surface area contributed by atoms with Crippen molar-refractivity contribution in [2.45, 2.75) is 12.2 Å². The number of aromatic amines is 1. The van der Waals surface area contributed by atoms with Gasteiger partial charge in [-0.05, 0) is 24.6 Å². The van der Waals surface area contributed by atoms with Crippen molar-refractivity contribution in [3.05, 3.63) is 52.3 Å². The van der Waals surface area contributed by atoms with Gasteiger partial charge in [-0.2, -0.15) is 10.2 Å². The minimum atomic E-state index is -0.0351. The number of nitrogens with one attached hydrogen (secondary N) is 2. The third-order valence-corrected chi connectivity index (χ3v) is 5.76. The van der Waals surface area contributed by atoms with E-state index in [9.17, 15) is 4.79 Å². The first kappa shape index (κ1) is 16.2. The number of thioether (sulfide) groups is 1. The second kappa shape index (κ2) is 6.24. The lowest BCUT2D eigenvalue weighted by Gasteiger charge is -2.15. The van der Waals surface area contributed by atoms with Crippen LogP contribution in [0.25, 0.3) is 11.3 Å². The smallest absolute Gasteiger partial charge is 0.235 e. The highest BCUT2D eigenvalue weighted by atomic mass is 35.5. The van der Waals surface area contributed by atoms with Crippen LogP contribution in [0, 0.1) is 6.92 Å². The Balaban J connectivity index is 1.85. The van der Waals surface area contributed by atoms with Gasteiger partial charge in [-0.3, -0.25) is 14.6 Å². The number of anilines is 1. The number of rotatable bonds is 2. The number of halogens is 1. The number of fused-ring (bicyclic) bond motifs is 1. The molecule has 25 heavy (non-hydrogen) atoms. The molecule has 128 valence electrons. The monoisotopic (exact) mass is 373 g/mol. The van der Waals surface area contributed by atoms with Crippen LogP contribution in [0.5, 0.6) is 0 Å². The zero-order chi connectivity index (χ0) is 17.6. The summed E-state index contributed by atoms with van der Waals surface area (Å²) in [5.41, 5.74) is 4.89. The van der Waals surface area contributed by atoms with Gasteiger partial charge in [-0.15, -0.1) is 11.8 Å². The number of nitrogens with zero attached hydrogens (tertiary/aromatic N) is 3. The molecule has 3 aromatic rings. The van der Waals surface area contributed by atoms with Gasteiger partial charge >= 0.3 is 0 Å². The standard InChI is InChI=1S/C17H16ClN5OS/c1-9-14-16(25-8-13(24)20-17(14)23(2)22-9)12-7-19-21-15(12)10-3-5-11(18)6-4-10/h3-7,16H,8H2,1-2H3,(H,19,21)(H,20,24)/t16-/m0/s1. The average Bonchev–Trinajstić information content (AvgIpc) is 3.10. The first-order valence-corrected chi connectivity index (χ1v) is 9.21. The maximum Gasteiger partial charge on any atom is 0.235 e. The summed E-state index contributed by atoms with van der Waals surface area (Å²) in [7, 11) is 1.84. The Morgan fingerprint density at radius 2 is 2.08 bits per heavy atom. The minimum absolute atomic E-state index is 0.0201. The molecule has 1 aromatic carbocycles. The van der Waals surface area contributed by atoms with Crippen molar-refractivity contribution < 1.29 is 4.79 Å². The summed E-state index contributed by atoms with van der Waals surface area (Å²) in [6.07, 6.45) is 1.83. The van der Waals surface area contributed by atoms with Gasteiger partial charge in [0.25, 0.3) is 0 Å². The first-order valence-electron chi connectivity index (χ1n) is 7.78. The number of hydrogen-bond donors (Lipinski definition) is 2. The van der Waals surface area contributed by atoms with Crippen molar-refractivity contribution >= 4 is 35.1 Å². The maximum atomic E-state index is 12.1. The molecule has 6 nitrogen and oxygen atoms in total. The summed E-state index contributed by atoms with van der Waals surface area (Å²) in [5.74, 6) is 1.11. The normalized spacial score (nSPS) is 17.1. The van der Waals surface area contributed by atoms with E-state index in [-0.39, 0.29) is 11.2 Å².